The largest absolute Gasteiger partial charge is 0.340 e. The van der Waals surface area contributed by atoms with Crippen LogP contribution in [0.25, 0.3) is 11.2 Å². The van der Waals surface area contributed by atoms with Gasteiger partial charge in [0.15, 0.2) is 11.5 Å². The second-order valence-corrected chi connectivity index (χ2v) is 5.56. The van der Waals surface area contributed by atoms with Crippen molar-refractivity contribution in [3.05, 3.63) is 36.9 Å². The Hall–Kier alpha value is -1.79. The van der Waals surface area contributed by atoms with Crippen molar-refractivity contribution in [1.29, 1.82) is 0 Å². The van der Waals surface area contributed by atoms with E-state index in [0.29, 0.717) is 17.3 Å². The maximum absolute atomic E-state index is 5.68. The van der Waals surface area contributed by atoms with Crippen LogP contribution in [0.15, 0.2) is 41.8 Å². The van der Waals surface area contributed by atoms with E-state index in [0.717, 1.165) is 17.0 Å². The third-order valence-electron chi connectivity index (χ3n) is 2.69. The average Bonchev–Trinajstić information content (AvgIpc) is 2.96. The zero-order valence-corrected chi connectivity index (χ0v) is 12.1. The molecule has 1 aromatic carbocycles. The second-order valence-electron chi connectivity index (χ2n) is 4.01. The maximum Gasteiger partial charge on any atom is 0.182 e. The quantitative estimate of drug-likeness (QED) is 0.558. The average molecular weight is 306 g/mol. The summed E-state index contributed by atoms with van der Waals surface area (Å²) in [5.74, 6) is 2.28. The Morgan fingerprint density at radius 3 is 2.80 bits per heavy atom. The molecule has 0 amide bonds. The summed E-state index contributed by atoms with van der Waals surface area (Å²) in [6.07, 6.45) is 3.10. The molecule has 0 radical (unpaired) electrons. The number of nitrogens with zero attached hydrogens (tertiary/aromatic N) is 3. The number of hydrogen-bond donors (Lipinski definition) is 2. The predicted octanol–water partition coefficient (Wildman–Crippen LogP) is 3.43. The number of benzene rings is 1. The van der Waals surface area contributed by atoms with Crippen molar-refractivity contribution in [2.45, 2.75) is 4.90 Å². The van der Waals surface area contributed by atoms with Gasteiger partial charge in [-0.2, -0.15) is 0 Å². The van der Waals surface area contributed by atoms with Crippen molar-refractivity contribution in [3.63, 3.8) is 0 Å². The van der Waals surface area contributed by atoms with E-state index < -0.39 is 0 Å². The molecule has 2 N–H and O–H groups in total. The molecule has 102 valence electrons. The molecule has 0 spiro atoms. The first-order chi connectivity index (χ1) is 9.86. The number of anilines is 2. The second kappa shape index (κ2) is 6.11. The van der Waals surface area contributed by atoms with Gasteiger partial charge < -0.3 is 10.3 Å². The molecule has 3 rings (SSSR count). The van der Waals surface area contributed by atoms with Crippen molar-refractivity contribution < 1.29 is 0 Å². The van der Waals surface area contributed by atoms with Gasteiger partial charge in [-0.25, -0.2) is 15.0 Å². The summed E-state index contributed by atoms with van der Waals surface area (Å²) in [6, 6.07) is 8.15. The van der Waals surface area contributed by atoms with E-state index in [2.05, 4.69) is 37.4 Å². The fourth-order valence-corrected chi connectivity index (χ4v) is 2.66. The van der Waals surface area contributed by atoms with Gasteiger partial charge in [0.05, 0.1) is 6.33 Å². The van der Waals surface area contributed by atoms with Crippen molar-refractivity contribution in [3.8, 4) is 0 Å². The van der Waals surface area contributed by atoms with Gasteiger partial charge in [0, 0.05) is 22.2 Å². The van der Waals surface area contributed by atoms with Crippen LogP contribution in [-0.4, -0.2) is 31.6 Å². The van der Waals surface area contributed by atoms with Crippen LogP contribution in [0.2, 0.25) is 0 Å². The number of fused-ring (bicyclic) bond motifs is 1. The summed E-state index contributed by atoms with van der Waals surface area (Å²) in [5, 5.41) is 3.26. The smallest absolute Gasteiger partial charge is 0.182 e. The molecule has 3 aromatic rings. The molecule has 0 aliphatic carbocycles. The van der Waals surface area contributed by atoms with Crippen LogP contribution in [0.4, 0.5) is 11.5 Å². The van der Waals surface area contributed by atoms with Gasteiger partial charge in [-0.1, -0.05) is 0 Å². The molecule has 0 atom stereocenters. The van der Waals surface area contributed by atoms with Crippen molar-refractivity contribution >= 4 is 46.0 Å². The molecule has 0 unspecified atom stereocenters. The highest BCUT2D eigenvalue weighted by Gasteiger charge is 2.05. The molecule has 0 saturated heterocycles. The van der Waals surface area contributed by atoms with Crippen molar-refractivity contribution in [1.82, 2.24) is 19.9 Å². The SMILES string of the molecule is ClCCSc1ccc(Nc2ncnc3nc[nH]c23)cc1. The van der Waals surface area contributed by atoms with E-state index in [1.54, 1.807) is 18.1 Å². The number of aromatic nitrogens is 4. The molecular formula is C13H12ClN5S. The van der Waals surface area contributed by atoms with Gasteiger partial charge in [-0.05, 0) is 24.3 Å². The highest BCUT2D eigenvalue weighted by atomic mass is 35.5. The summed E-state index contributed by atoms with van der Waals surface area (Å²) in [4.78, 5) is 16.6. The molecule has 0 saturated carbocycles. The Balaban J connectivity index is 1.79. The Morgan fingerprint density at radius 2 is 2.00 bits per heavy atom. The van der Waals surface area contributed by atoms with Crippen molar-refractivity contribution in [2.75, 3.05) is 16.9 Å². The third-order valence-corrected chi connectivity index (χ3v) is 4.11. The first kappa shape index (κ1) is 13.2. The first-order valence-corrected chi connectivity index (χ1v) is 7.59. The van der Waals surface area contributed by atoms with Gasteiger partial charge >= 0.3 is 0 Å². The first-order valence-electron chi connectivity index (χ1n) is 6.07. The van der Waals surface area contributed by atoms with E-state index in [9.17, 15) is 0 Å². The minimum absolute atomic E-state index is 0.650. The number of H-pyrrole nitrogens is 1. The van der Waals surface area contributed by atoms with Crippen LogP contribution in [-0.2, 0) is 0 Å². The van der Waals surface area contributed by atoms with Crippen LogP contribution in [0.5, 0.6) is 0 Å². The molecule has 5 nitrogen and oxygen atoms in total. The van der Waals surface area contributed by atoms with Crippen LogP contribution in [0.1, 0.15) is 0 Å². The number of imidazole rings is 1. The van der Waals surface area contributed by atoms with Crippen molar-refractivity contribution in [2.24, 2.45) is 0 Å². The Bertz CT molecular complexity index is 697. The standard InChI is InChI=1S/C13H12ClN5S/c14-5-6-20-10-3-1-9(2-4-10)19-13-11-12(16-7-15-11)17-8-18-13/h1-4,7-8H,5-6H2,(H2,15,16,17,18,19). The zero-order valence-electron chi connectivity index (χ0n) is 10.5. The number of rotatable bonds is 5. The van der Waals surface area contributed by atoms with Crippen LogP contribution < -0.4 is 5.32 Å². The molecular weight excluding hydrogens is 294 g/mol. The van der Waals surface area contributed by atoms with E-state index in [1.807, 2.05) is 12.1 Å². The molecule has 2 heterocycles. The molecule has 0 fully saturated rings. The van der Waals surface area contributed by atoms with Crippen LogP contribution in [0.3, 0.4) is 0 Å². The van der Waals surface area contributed by atoms with E-state index in [-0.39, 0.29) is 0 Å². The molecule has 7 heteroatoms. The van der Waals surface area contributed by atoms with E-state index in [4.69, 9.17) is 11.6 Å². The number of hydrogen-bond acceptors (Lipinski definition) is 5. The van der Waals surface area contributed by atoms with Crippen LogP contribution >= 0.6 is 23.4 Å². The topological polar surface area (TPSA) is 66.5 Å². The highest BCUT2D eigenvalue weighted by Crippen LogP contribution is 2.23. The van der Waals surface area contributed by atoms with Gasteiger partial charge in [0.25, 0.3) is 0 Å². The number of thioether (sulfide) groups is 1. The number of aromatic amines is 1. The Labute approximate surface area is 125 Å². The summed E-state index contributed by atoms with van der Waals surface area (Å²) < 4.78 is 0. The molecule has 0 bridgehead atoms. The van der Waals surface area contributed by atoms with E-state index >= 15 is 0 Å². The lowest BCUT2D eigenvalue weighted by Crippen LogP contribution is -1.95. The Morgan fingerprint density at radius 1 is 1.15 bits per heavy atom. The minimum Gasteiger partial charge on any atom is -0.340 e. The lowest BCUT2D eigenvalue weighted by molar-refractivity contribution is 1.20. The maximum atomic E-state index is 5.68. The van der Waals surface area contributed by atoms with Gasteiger partial charge in [-0.15, -0.1) is 23.4 Å². The monoisotopic (exact) mass is 305 g/mol. The number of nitrogens with one attached hydrogen (secondary N) is 2. The molecule has 2 aromatic heterocycles. The molecule has 20 heavy (non-hydrogen) atoms. The van der Waals surface area contributed by atoms with E-state index in [1.165, 1.54) is 11.2 Å². The van der Waals surface area contributed by atoms with Gasteiger partial charge in [0.1, 0.15) is 11.8 Å². The normalized spacial score (nSPS) is 10.8. The Kier molecular flexibility index (Phi) is 4.03. The zero-order chi connectivity index (χ0) is 13.8. The lowest BCUT2D eigenvalue weighted by Gasteiger charge is -2.06. The van der Waals surface area contributed by atoms with Crippen LogP contribution in [0, 0.1) is 0 Å². The summed E-state index contributed by atoms with van der Waals surface area (Å²) in [7, 11) is 0. The number of halogens is 1. The lowest BCUT2D eigenvalue weighted by atomic mass is 10.3. The summed E-state index contributed by atoms with van der Waals surface area (Å²) >= 11 is 7.42. The minimum atomic E-state index is 0.650. The van der Waals surface area contributed by atoms with Gasteiger partial charge in [-0.3, -0.25) is 0 Å². The summed E-state index contributed by atoms with van der Waals surface area (Å²) in [6.45, 7) is 0. The van der Waals surface area contributed by atoms with Gasteiger partial charge in [0.2, 0.25) is 0 Å². The highest BCUT2D eigenvalue weighted by molar-refractivity contribution is 7.99. The fourth-order valence-electron chi connectivity index (χ4n) is 1.79. The predicted molar refractivity (Wildman–Crippen MR) is 82.9 cm³/mol. The molecule has 0 aliphatic heterocycles. The third kappa shape index (κ3) is 2.86. The fraction of sp³-hybridized carbons (Fsp3) is 0.154. The molecule has 0 aliphatic rings. The summed E-state index contributed by atoms with van der Waals surface area (Å²) in [5.41, 5.74) is 2.42. The number of alkyl halides is 1.